The standard InChI is InChI=1S/C20H28N4O/c1-4-24-19-12-8-11-18(17(19)13-21-24)22-15(2)20(25)23(3)14-16-9-6-5-7-10-16/h5-7,9-10,13,15,18,22H,4,8,11-12,14H2,1-3H3/t15-,18+/m1/s1. The van der Waals surface area contributed by atoms with Crippen LogP contribution in [-0.2, 0) is 24.3 Å². The summed E-state index contributed by atoms with van der Waals surface area (Å²) in [6.07, 6.45) is 5.25. The van der Waals surface area contributed by atoms with E-state index in [1.807, 2.05) is 38.4 Å². The van der Waals surface area contributed by atoms with Crippen LogP contribution in [0.4, 0.5) is 0 Å². The molecular formula is C20H28N4O. The maximum absolute atomic E-state index is 12.7. The molecule has 1 aliphatic carbocycles. The lowest BCUT2D eigenvalue weighted by atomic mass is 9.92. The van der Waals surface area contributed by atoms with Crippen LogP contribution >= 0.6 is 0 Å². The van der Waals surface area contributed by atoms with Gasteiger partial charge in [-0.1, -0.05) is 30.3 Å². The molecule has 0 aliphatic heterocycles. The van der Waals surface area contributed by atoms with Crippen molar-refractivity contribution >= 4 is 5.91 Å². The van der Waals surface area contributed by atoms with Gasteiger partial charge >= 0.3 is 0 Å². The average molecular weight is 340 g/mol. The van der Waals surface area contributed by atoms with Crippen molar-refractivity contribution in [2.75, 3.05) is 7.05 Å². The van der Waals surface area contributed by atoms with E-state index in [2.05, 4.69) is 34.2 Å². The minimum atomic E-state index is -0.213. The first-order valence-corrected chi connectivity index (χ1v) is 9.19. The van der Waals surface area contributed by atoms with Gasteiger partial charge in [0.15, 0.2) is 0 Å². The molecule has 0 saturated carbocycles. The van der Waals surface area contributed by atoms with E-state index in [0.717, 1.165) is 31.4 Å². The molecule has 0 saturated heterocycles. The van der Waals surface area contributed by atoms with E-state index in [1.165, 1.54) is 11.3 Å². The van der Waals surface area contributed by atoms with Gasteiger partial charge in [0, 0.05) is 37.4 Å². The summed E-state index contributed by atoms with van der Waals surface area (Å²) in [6, 6.07) is 10.1. The van der Waals surface area contributed by atoms with Gasteiger partial charge < -0.3 is 4.90 Å². The molecule has 1 aromatic heterocycles. The largest absolute Gasteiger partial charge is 0.340 e. The van der Waals surface area contributed by atoms with Gasteiger partial charge in [-0.2, -0.15) is 5.10 Å². The van der Waals surface area contributed by atoms with Gasteiger partial charge in [0.05, 0.1) is 12.2 Å². The first-order chi connectivity index (χ1) is 12.1. The van der Waals surface area contributed by atoms with Crippen LogP contribution in [0.15, 0.2) is 36.5 Å². The molecule has 0 fully saturated rings. The molecule has 0 bridgehead atoms. The first-order valence-electron chi connectivity index (χ1n) is 9.19. The van der Waals surface area contributed by atoms with E-state index in [0.29, 0.717) is 6.54 Å². The number of hydrogen-bond acceptors (Lipinski definition) is 3. The fraction of sp³-hybridized carbons (Fsp3) is 0.500. The highest BCUT2D eigenvalue weighted by atomic mass is 16.2. The summed E-state index contributed by atoms with van der Waals surface area (Å²) in [4.78, 5) is 14.5. The average Bonchev–Trinajstić information content (AvgIpc) is 3.06. The van der Waals surface area contributed by atoms with Crippen LogP contribution in [-0.4, -0.2) is 33.7 Å². The van der Waals surface area contributed by atoms with Crippen LogP contribution in [0, 0.1) is 0 Å². The molecule has 1 amide bonds. The minimum absolute atomic E-state index is 0.124. The molecule has 0 spiro atoms. The molecule has 0 radical (unpaired) electrons. The van der Waals surface area contributed by atoms with Crippen molar-refractivity contribution < 1.29 is 4.79 Å². The Labute approximate surface area is 150 Å². The molecule has 1 aliphatic rings. The SMILES string of the molecule is CCn1ncc2c1CCC[C@@H]2N[C@H](C)C(=O)N(C)Cc1ccccc1. The van der Waals surface area contributed by atoms with Crippen LogP contribution < -0.4 is 5.32 Å². The summed E-state index contributed by atoms with van der Waals surface area (Å²) in [5.41, 5.74) is 3.73. The number of carbonyl (C=O) groups is 1. The van der Waals surface area contributed by atoms with Gasteiger partial charge in [0.2, 0.25) is 5.91 Å². The van der Waals surface area contributed by atoms with E-state index in [1.54, 1.807) is 4.90 Å². The Bertz CT molecular complexity index is 710. The number of rotatable bonds is 6. The van der Waals surface area contributed by atoms with Crippen molar-refractivity contribution in [3.05, 3.63) is 53.3 Å². The number of amides is 1. The Morgan fingerprint density at radius 2 is 2.16 bits per heavy atom. The zero-order chi connectivity index (χ0) is 17.8. The van der Waals surface area contributed by atoms with Crippen molar-refractivity contribution in [3.8, 4) is 0 Å². The van der Waals surface area contributed by atoms with Crippen molar-refractivity contribution in [1.82, 2.24) is 20.0 Å². The smallest absolute Gasteiger partial charge is 0.239 e. The zero-order valence-corrected chi connectivity index (χ0v) is 15.4. The Kier molecular flexibility index (Phi) is 5.53. The molecule has 1 heterocycles. The molecule has 0 unspecified atom stereocenters. The van der Waals surface area contributed by atoms with Crippen molar-refractivity contribution in [1.29, 1.82) is 0 Å². The number of carbonyl (C=O) groups excluding carboxylic acids is 1. The zero-order valence-electron chi connectivity index (χ0n) is 15.4. The van der Waals surface area contributed by atoms with Crippen LogP contribution in [0.3, 0.4) is 0 Å². The van der Waals surface area contributed by atoms with E-state index >= 15 is 0 Å². The van der Waals surface area contributed by atoms with E-state index in [9.17, 15) is 4.79 Å². The monoisotopic (exact) mass is 340 g/mol. The molecule has 5 nitrogen and oxygen atoms in total. The van der Waals surface area contributed by atoms with Gasteiger partial charge in [0.1, 0.15) is 0 Å². The number of nitrogens with one attached hydrogen (secondary N) is 1. The third-order valence-electron chi connectivity index (χ3n) is 5.02. The highest BCUT2D eigenvalue weighted by Gasteiger charge is 2.27. The molecular weight excluding hydrogens is 312 g/mol. The van der Waals surface area contributed by atoms with Gasteiger partial charge in [-0.25, -0.2) is 0 Å². The summed E-state index contributed by atoms with van der Waals surface area (Å²) < 4.78 is 2.08. The molecule has 1 N–H and O–H groups in total. The molecule has 1 aromatic carbocycles. The number of aromatic nitrogens is 2. The number of likely N-dealkylation sites (N-methyl/N-ethyl adjacent to an activating group) is 1. The summed E-state index contributed by atoms with van der Waals surface area (Å²) in [7, 11) is 1.87. The number of aryl methyl sites for hydroxylation is 1. The molecule has 2 atom stereocenters. The van der Waals surface area contributed by atoms with Crippen LogP contribution in [0.1, 0.15) is 49.6 Å². The topological polar surface area (TPSA) is 50.2 Å². The van der Waals surface area contributed by atoms with E-state index < -0.39 is 0 Å². The van der Waals surface area contributed by atoms with E-state index in [4.69, 9.17) is 0 Å². The second kappa shape index (κ2) is 7.83. The Balaban J connectivity index is 1.63. The summed E-state index contributed by atoms with van der Waals surface area (Å²) in [6.45, 7) is 5.61. The van der Waals surface area contributed by atoms with Crippen LogP contribution in [0.25, 0.3) is 0 Å². The highest BCUT2D eigenvalue weighted by Crippen LogP contribution is 2.30. The van der Waals surface area contributed by atoms with Crippen LogP contribution in [0.2, 0.25) is 0 Å². The second-order valence-electron chi connectivity index (χ2n) is 6.88. The maximum atomic E-state index is 12.7. The fourth-order valence-corrected chi connectivity index (χ4v) is 3.70. The number of benzene rings is 1. The number of hydrogen-bond donors (Lipinski definition) is 1. The van der Waals surface area contributed by atoms with E-state index in [-0.39, 0.29) is 18.0 Å². The Hall–Kier alpha value is -2.14. The quantitative estimate of drug-likeness (QED) is 0.880. The van der Waals surface area contributed by atoms with Gasteiger partial charge in [-0.3, -0.25) is 14.8 Å². The third-order valence-corrected chi connectivity index (χ3v) is 5.02. The van der Waals surface area contributed by atoms with Crippen LogP contribution in [0.5, 0.6) is 0 Å². The summed E-state index contributed by atoms with van der Waals surface area (Å²) in [5.74, 6) is 0.124. The summed E-state index contributed by atoms with van der Waals surface area (Å²) >= 11 is 0. The predicted molar refractivity (Wildman–Crippen MR) is 99.1 cm³/mol. The lowest BCUT2D eigenvalue weighted by Gasteiger charge is -2.29. The predicted octanol–water partition coefficient (Wildman–Crippen LogP) is 2.92. The van der Waals surface area contributed by atoms with Gasteiger partial charge in [0.25, 0.3) is 0 Å². The minimum Gasteiger partial charge on any atom is -0.340 e. The normalized spacial score (nSPS) is 17.8. The Morgan fingerprint density at radius 3 is 2.88 bits per heavy atom. The summed E-state index contributed by atoms with van der Waals surface area (Å²) in [5, 5.41) is 8.03. The van der Waals surface area contributed by atoms with Crippen molar-refractivity contribution in [3.63, 3.8) is 0 Å². The molecule has 134 valence electrons. The third kappa shape index (κ3) is 3.93. The van der Waals surface area contributed by atoms with Gasteiger partial charge in [-0.15, -0.1) is 0 Å². The first kappa shape index (κ1) is 17.7. The van der Waals surface area contributed by atoms with Crippen molar-refractivity contribution in [2.45, 2.75) is 58.3 Å². The fourth-order valence-electron chi connectivity index (χ4n) is 3.70. The second-order valence-corrected chi connectivity index (χ2v) is 6.88. The Morgan fingerprint density at radius 1 is 1.40 bits per heavy atom. The molecule has 3 rings (SSSR count). The number of nitrogens with zero attached hydrogens (tertiary/aromatic N) is 3. The molecule has 25 heavy (non-hydrogen) atoms. The number of fused-ring (bicyclic) bond motifs is 1. The highest BCUT2D eigenvalue weighted by molar-refractivity contribution is 5.81. The molecule has 2 aromatic rings. The van der Waals surface area contributed by atoms with Gasteiger partial charge in [-0.05, 0) is 38.7 Å². The van der Waals surface area contributed by atoms with Crippen molar-refractivity contribution in [2.24, 2.45) is 0 Å². The lowest BCUT2D eigenvalue weighted by Crippen LogP contribution is -2.44. The maximum Gasteiger partial charge on any atom is 0.239 e. The molecule has 5 heteroatoms. The lowest BCUT2D eigenvalue weighted by molar-refractivity contribution is -0.132.